The van der Waals surface area contributed by atoms with Crippen molar-refractivity contribution in [3.05, 3.63) is 381 Å². The molecular formula is C102H79BN4. The number of rotatable bonds is 19. The summed E-state index contributed by atoms with van der Waals surface area (Å²) in [7, 11) is 0. The van der Waals surface area contributed by atoms with Crippen molar-refractivity contribution >= 4 is 57.2 Å². The van der Waals surface area contributed by atoms with Crippen molar-refractivity contribution in [1.29, 1.82) is 0 Å². The summed E-state index contributed by atoms with van der Waals surface area (Å²) in [5, 5.41) is 0. The van der Waals surface area contributed by atoms with Crippen LogP contribution in [-0.2, 0) is 12.8 Å². The van der Waals surface area contributed by atoms with Crippen LogP contribution in [0.5, 0.6) is 0 Å². The smallest absolute Gasteiger partial charge is 0.252 e. The molecule has 1 aromatic heterocycles. The van der Waals surface area contributed by atoms with E-state index in [1.807, 2.05) is 0 Å². The van der Waals surface area contributed by atoms with Crippen molar-refractivity contribution in [2.24, 2.45) is 0 Å². The van der Waals surface area contributed by atoms with Gasteiger partial charge in [0, 0.05) is 50.8 Å². The summed E-state index contributed by atoms with van der Waals surface area (Å²) >= 11 is 0. The predicted molar refractivity (Wildman–Crippen MR) is 453 cm³/mol. The molecule has 0 radical (unpaired) electrons. The topological polar surface area (TPSA) is 32.3 Å². The summed E-state index contributed by atoms with van der Waals surface area (Å²) in [6.45, 7) is 4.45. The quantitative estimate of drug-likeness (QED) is 0.0756. The van der Waals surface area contributed by atoms with E-state index in [0.29, 0.717) is 5.82 Å². The van der Waals surface area contributed by atoms with Gasteiger partial charge >= 0.3 is 0 Å². The van der Waals surface area contributed by atoms with Crippen LogP contribution in [0.15, 0.2) is 370 Å². The third kappa shape index (κ3) is 13.3. The first-order chi connectivity index (χ1) is 52.9. The lowest BCUT2D eigenvalue weighted by Gasteiger charge is -2.45. The third-order valence-corrected chi connectivity index (χ3v) is 21.5. The highest BCUT2D eigenvalue weighted by Gasteiger charge is 2.44. The number of hydrogen-bond acceptors (Lipinski definition) is 4. The van der Waals surface area contributed by atoms with E-state index in [1.165, 1.54) is 38.9 Å². The second-order valence-corrected chi connectivity index (χ2v) is 28.6. The Morgan fingerprint density at radius 1 is 0.234 bits per heavy atom. The van der Waals surface area contributed by atoms with Crippen LogP contribution < -0.4 is 26.2 Å². The Morgan fingerprint density at radius 3 is 0.785 bits per heavy atom. The Morgan fingerprint density at radius 2 is 0.495 bits per heavy atom. The lowest BCUT2D eigenvalue weighted by atomic mass is 9.33. The third-order valence-electron chi connectivity index (χ3n) is 21.5. The maximum atomic E-state index is 6.04. The highest BCUT2D eigenvalue weighted by Crippen LogP contribution is 2.50. The molecule has 5 heteroatoms. The van der Waals surface area contributed by atoms with Crippen LogP contribution in [0.2, 0.25) is 0 Å². The van der Waals surface area contributed by atoms with Crippen molar-refractivity contribution in [1.82, 2.24) is 9.97 Å². The Balaban J connectivity index is 0.979. The van der Waals surface area contributed by atoms with Crippen molar-refractivity contribution in [2.45, 2.75) is 52.4 Å². The molecular weight excluding hydrogens is 1290 g/mol. The van der Waals surface area contributed by atoms with Crippen LogP contribution in [0.4, 0.5) is 34.1 Å². The first-order valence-corrected chi connectivity index (χ1v) is 37.9. The maximum Gasteiger partial charge on any atom is 0.252 e. The minimum atomic E-state index is -0.158. The zero-order valence-corrected chi connectivity index (χ0v) is 60.3. The molecule has 0 saturated heterocycles. The lowest BCUT2D eigenvalue weighted by Crippen LogP contribution is -2.61. The second kappa shape index (κ2) is 29.3. The molecule has 0 bridgehead atoms. The molecule has 0 fully saturated rings. The minimum Gasteiger partial charge on any atom is -0.311 e. The second-order valence-electron chi connectivity index (χ2n) is 28.6. The first kappa shape index (κ1) is 66.0. The van der Waals surface area contributed by atoms with Gasteiger partial charge in [-0.1, -0.05) is 294 Å². The Hall–Kier alpha value is -13.0. The largest absolute Gasteiger partial charge is 0.311 e. The molecule has 0 unspecified atom stereocenters. The fraction of sp³-hybridized carbons (Fsp3) is 0.0784. The van der Waals surface area contributed by atoms with Crippen LogP contribution in [0.3, 0.4) is 0 Å². The molecule has 18 rings (SSSR count). The number of fused-ring (bicyclic) bond motifs is 4. The van der Waals surface area contributed by atoms with Gasteiger partial charge in [0.1, 0.15) is 0 Å². The van der Waals surface area contributed by atoms with Crippen molar-refractivity contribution in [3.63, 3.8) is 0 Å². The Kier molecular flexibility index (Phi) is 18.1. The molecule has 2 aliphatic rings. The Bertz CT molecular complexity index is 5310. The molecule has 4 nitrogen and oxygen atoms in total. The molecule has 3 heterocycles. The van der Waals surface area contributed by atoms with Crippen LogP contribution in [0.25, 0.3) is 123 Å². The maximum absolute atomic E-state index is 6.04. The van der Waals surface area contributed by atoms with Crippen molar-refractivity contribution < 1.29 is 0 Å². The fourth-order valence-electron chi connectivity index (χ4n) is 16.1. The molecule has 0 saturated carbocycles. The van der Waals surface area contributed by atoms with Crippen LogP contribution in [0, 0.1) is 0 Å². The number of benzene rings is 15. The van der Waals surface area contributed by atoms with Gasteiger partial charge in [-0.05, 0) is 245 Å². The monoisotopic (exact) mass is 1370 g/mol. The van der Waals surface area contributed by atoms with E-state index in [4.69, 9.17) is 9.97 Å². The zero-order valence-electron chi connectivity index (χ0n) is 60.3. The first-order valence-electron chi connectivity index (χ1n) is 37.9. The normalized spacial score (nSPS) is 12.0. The molecule has 510 valence electrons. The zero-order chi connectivity index (χ0) is 71.6. The van der Waals surface area contributed by atoms with Crippen LogP contribution in [0.1, 0.15) is 50.7 Å². The van der Waals surface area contributed by atoms with Crippen LogP contribution >= 0.6 is 0 Å². The van der Waals surface area contributed by atoms with Gasteiger partial charge in [0.15, 0.2) is 5.82 Å². The van der Waals surface area contributed by atoms with Gasteiger partial charge in [-0.3, -0.25) is 0 Å². The molecule has 107 heavy (non-hydrogen) atoms. The molecule has 15 aromatic carbocycles. The van der Waals surface area contributed by atoms with E-state index in [1.54, 1.807) is 0 Å². The number of aromatic nitrogens is 2. The van der Waals surface area contributed by atoms with Crippen LogP contribution in [-0.4, -0.2) is 16.7 Å². The lowest BCUT2D eigenvalue weighted by molar-refractivity contribution is 0.795. The molecule has 0 spiro atoms. The van der Waals surface area contributed by atoms with E-state index >= 15 is 0 Å². The fourth-order valence-corrected chi connectivity index (χ4v) is 16.1. The van der Waals surface area contributed by atoms with E-state index < -0.39 is 0 Å². The summed E-state index contributed by atoms with van der Waals surface area (Å²) in [4.78, 5) is 17.2. The molecule has 2 aliphatic heterocycles. The highest BCUT2D eigenvalue weighted by atomic mass is 15.2. The number of nitrogens with zero attached hydrogens (tertiary/aromatic N) is 4. The number of anilines is 6. The molecule has 16 aromatic rings. The van der Waals surface area contributed by atoms with Gasteiger partial charge in [-0.2, -0.15) is 0 Å². The van der Waals surface area contributed by atoms with Gasteiger partial charge in [-0.15, -0.1) is 0 Å². The minimum absolute atomic E-state index is 0.158. The molecule has 0 aliphatic carbocycles. The summed E-state index contributed by atoms with van der Waals surface area (Å²) in [5.41, 5.74) is 35.6. The van der Waals surface area contributed by atoms with Gasteiger partial charge < -0.3 is 9.80 Å². The van der Waals surface area contributed by atoms with Gasteiger partial charge in [0.05, 0.1) is 11.4 Å². The highest BCUT2D eigenvalue weighted by molar-refractivity contribution is 7.00. The average Bonchev–Trinajstić information content (AvgIpc) is 0.693. The average molecular weight is 1370 g/mol. The van der Waals surface area contributed by atoms with E-state index in [9.17, 15) is 0 Å². The van der Waals surface area contributed by atoms with Crippen molar-refractivity contribution in [2.75, 3.05) is 9.80 Å². The van der Waals surface area contributed by atoms with Gasteiger partial charge in [-0.25, -0.2) is 9.97 Å². The summed E-state index contributed by atoms with van der Waals surface area (Å²) in [6, 6.07) is 137. The predicted octanol–water partition coefficient (Wildman–Crippen LogP) is 25.6. The summed E-state index contributed by atoms with van der Waals surface area (Å²) < 4.78 is 0. The molecule has 0 atom stereocenters. The molecule has 0 N–H and O–H groups in total. The van der Waals surface area contributed by atoms with Gasteiger partial charge in [0.2, 0.25) is 0 Å². The van der Waals surface area contributed by atoms with E-state index in [2.05, 4.69) is 394 Å². The number of hydrogen-bond donors (Lipinski definition) is 0. The van der Waals surface area contributed by atoms with Crippen molar-refractivity contribution in [3.8, 4) is 123 Å². The molecule has 0 amide bonds. The number of unbranched alkanes of at least 4 members (excludes halogenated alkanes) is 2. The van der Waals surface area contributed by atoms with E-state index in [0.717, 1.165) is 178 Å². The standard InChI is InChI=1S/C102H79BN4/c1-3-5-31-70-49-51-93-97(53-70)106(91-63-84(76-41-23-11-24-42-76)57-85(64-91)77-43-25-12-26-44-77)99-67-89(68-100-101(99)103(93)94-52-50-71(32-6-4-2)54-98(94)107(100)92-65-86(78-45-27-13-28-46-78)58-87(66-92)79-47-29-14-30-48-79)96-69-95(88-59-80(72-33-15-7-16-34-72)55-81(60-88)73-35-17-8-18-36-73)104-102(105-96)90-61-82(74-37-19-9-20-38-74)56-83(62-90)75-39-21-10-22-40-75/h7-30,33-69H,3-6,31-32H2,1-2H3. The SMILES string of the molecule is CCCCc1ccc2c(c1)N(c1cc(-c3ccccc3)cc(-c3ccccc3)c1)c1cc(-c3cc(-c4cc(-c5ccccc5)cc(-c5ccccc5)c4)nc(-c4cc(-c5ccccc5)cc(-c5ccccc5)c4)n3)cc3c1B2c1ccc(CCCC)cc1N3c1cc(-c2ccccc2)cc(-c2ccccc2)c1. The summed E-state index contributed by atoms with van der Waals surface area (Å²) in [6.07, 6.45) is 6.29. The summed E-state index contributed by atoms with van der Waals surface area (Å²) in [5.74, 6) is 0.625. The van der Waals surface area contributed by atoms with Gasteiger partial charge in [0.25, 0.3) is 6.71 Å². The Labute approximate surface area is 629 Å². The van der Waals surface area contributed by atoms with E-state index in [-0.39, 0.29) is 6.71 Å². The number of aryl methyl sites for hydroxylation is 2.